The van der Waals surface area contributed by atoms with E-state index in [1.165, 1.54) is 0 Å². The lowest BCUT2D eigenvalue weighted by atomic mass is 10.9. The van der Waals surface area contributed by atoms with Crippen molar-refractivity contribution in [1.29, 1.82) is 0 Å². The molecule has 86 valence electrons. The molecule has 0 aliphatic rings. The van der Waals surface area contributed by atoms with Crippen LogP contribution in [0.5, 0.6) is 0 Å². The molecule has 0 atom stereocenters. The highest BCUT2D eigenvalue weighted by Crippen LogP contribution is 2.56. The van der Waals surface area contributed by atoms with E-state index < -0.39 is 16.1 Å². The van der Waals surface area contributed by atoms with Crippen molar-refractivity contribution in [3.05, 3.63) is 0 Å². The fourth-order valence-corrected chi connectivity index (χ4v) is 8.31. The van der Waals surface area contributed by atoms with Crippen LogP contribution in [-0.4, -0.2) is 8.32 Å². The van der Waals surface area contributed by atoms with E-state index in [0.29, 0.717) is 0 Å². The van der Waals surface area contributed by atoms with Gasteiger partial charge in [0.25, 0.3) is 0 Å². The third-order valence-corrected chi connectivity index (χ3v) is 11.2. The molecular weight excluding hydrogens is 355 g/mol. The molecular formula is C6H15Br2O4PSi. The Kier molecular flexibility index (Phi) is 7.40. The van der Waals surface area contributed by atoms with Crippen molar-refractivity contribution in [2.24, 2.45) is 0 Å². The molecule has 0 saturated carbocycles. The van der Waals surface area contributed by atoms with Crippen LogP contribution in [-0.2, 0) is 16.0 Å². The van der Waals surface area contributed by atoms with E-state index in [2.05, 4.69) is 39.7 Å². The number of phosphoric acid groups is 1. The van der Waals surface area contributed by atoms with Crippen molar-refractivity contribution < 1.29 is 16.0 Å². The van der Waals surface area contributed by atoms with E-state index in [9.17, 15) is 4.57 Å². The molecule has 0 aliphatic carbocycles. The van der Waals surface area contributed by atoms with Gasteiger partial charge in [-0.1, -0.05) is 20.8 Å². The Morgan fingerprint density at radius 2 is 1.43 bits per heavy atom. The number of hydrogen-bond donors (Lipinski definition) is 0. The predicted molar refractivity (Wildman–Crippen MR) is 65.9 cm³/mol. The normalized spacial score (nSPS) is 13.2. The van der Waals surface area contributed by atoms with Crippen molar-refractivity contribution in [3.63, 3.8) is 0 Å². The molecule has 0 rings (SSSR count). The molecule has 0 aliphatic heterocycles. The Balaban J connectivity index is 4.65. The predicted octanol–water partition coefficient (Wildman–Crippen LogP) is 4.77. The zero-order chi connectivity index (χ0) is 11.2. The van der Waals surface area contributed by atoms with E-state index in [1.807, 2.05) is 20.8 Å². The summed E-state index contributed by atoms with van der Waals surface area (Å²) in [6.07, 6.45) is 0. The van der Waals surface area contributed by atoms with Crippen LogP contribution in [0.2, 0.25) is 18.1 Å². The molecule has 0 unspecified atom stereocenters. The third kappa shape index (κ3) is 4.04. The average Bonchev–Trinajstić information content (AvgIpc) is 2.26. The van der Waals surface area contributed by atoms with Gasteiger partial charge in [0.15, 0.2) is 0 Å². The maximum absolute atomic E-state index is 11.7. The minimum atomic E-state index is -3.46. The van der Waals surface area contributed by atoms with Crippen LogP contribution >= 0.6 is 40.3 Å². The van der Waals surface area contributed by atoms with Gasteiger partial charge in [-0.2, -0.15) is 0 Å². The topological polar surface area (TPSA) is 44.8 Å². The lowest BCUT2D eigenvalue weighted by Crippen LogP contribution is -2.34. The zero-order valence-electron chi connectivity index (χ0n) is 8.46. The van der Waals surface area contributed by atoms with Crippen LogP contribution in [0.4, 0.5) is 0 Å². The molecule has 0 bridgehead atoms. The number of halogens is 2. The monoisotopic (exact) mass is 368 g/mol. The number of hydrogen-bond acceptors (Lipinski definition) is 4. The van der Waals surface area contributed by atoms with Crippen molar-refractivity contribution in [2.75, 3.05) is 0 Å². The standard InChI is InChI=1S/C6H15Br2O4PSi/c1-4-14(5-2,6-3)12-13(9,10-7)11-8/h4-6H2,1-3H3. The largest absolute Gasteiger partial charge is 0.487 e. The Morgan fingerprint density at radius 3 is 1.64 bits per heavy atom. The molecule has 0 radical (unpaired) electrons. The summed E-state index contributed by atoms with van der Waals surface area (Å²) in [6.45, 7) is 6.10. The highest BCUT2D eigenvalue weighted by atomic mass is 79.9. The highest BCUT2D eigenvalue weighted by molar-refractivity contribution is 9.07. The quantitative estimate of drug-likeness (QED) is 0.479. The second-order valence-corrected chi connectivity index (χ2v) is 11.0. The van der Waals surface area contributed by atoms with Crippen LogP contribution < -0.4 is 0 Å². The first kappa shape index (κ1) is 15.3. The van der Waals surface area contributed by atoms with Crippen molar-refractivity contribution in [3.8, 4) is 0 Å². The van der Waals surface area contributed by atoms with E-state index in [-0.39, 0.29) is 0 Å². The minimum absolute atomic E-state index is 0.886. The van der Waals surface area contributed by atoms with Crippen LogP contribution in [0.25, 0.3) is 0 Å². The van der Waals surface area contributed by atoms with Gasteiger partial charge in [0.2, 0.25) is 8.32 Å². The summed E-state index contributed by atoms with van der Waals surface area (Å²) in [5, 5.41) is 0. The molecule has 0 aromatic heterocycles. The second-order valence-electron chi connectivity index (χ2n) is 2.92. The molecule has 0 spiro atoms. The van der Waals surface area contributed by atoms with E-state index in [1.54, 1.807) is 0 Å². The fraction of sp³-hybridized carbons (Fsp3) is 1.00. The molecule has 0 aromatic rings. The van der Waals surface area contributed by atoms with Crippen molar-refractivity contribution in [1.82, 2.24) is 0 Å². The Hall–Kier alpha value is 1.29. The summed E-state index contributed by atoms with van der Waals surface area (Å²) in [5.41, 5.74) is 0. The van der Waals surface area contributed by atoms with Crippen LogP contribution in [0.3, 0.4) is 0 Å². The lowest BCUT2D eigenvalue weighted by molar-refractivity contribution is 0.335. The third-order valence-electron chi connectivity index (χ3n) is 2.41. The smallest absolute Gasteiger partial charge is 0.328 e. The average molecular weight is 370 g/mol. The molecule has 14 heavy (non-hydrogen) atoms. The van der Waals surface area contributed by atoms with Gasteiger partial charge in [-0.05, 0) is 18.1 Å². The maximum atomic E-state index is 11.7. The SMILES string of the molecule is CC[Si](CC)(CC)OP(=O)(OBr)OBr. The van der Waals surface area contributed by atoms with Crippen LogP contribution in [0.15, 0.2) is 0 Å². The fourth-order valence-electron chi connectivity index (χ4n) is 1.22. The van der Waals surface area contributed by atoms with Gasteiger partial charge in [-0.25, -0.2) is 11.8 Å². The van der Waals surface area contributed by atoms with Crippen molar-refractivity contribution in [2.45, 2.75) is 38.9 Å². The van der Waals surface area contributed by atoms with Gasteiger partial charge in [0.1, 0.15) is 32.5 Å². The zero-order valence-corrected chi connectivity index (χ0v) is 13.5. The van der Waals surface area contributed by atoms with Gasteiger partial charge in [-0.3, -0.25) is 0 Å². The van der Waals surface area contributed by atoms with Gasteiger partial charge in [-0.15, -0.1) is 0 Å². The molecule has 0 saturated heterocycles. The first-order chi connectivity index (χ1) is 6.51. The lowest BCUT2D eigenvalue weighted by Gasteiger charge is -2.29. The molecule has 4 nitrogen and oxygen atoms in total. The Bertz CT molecular complexity index is 196. The summed E-state index contributed by atoms with van der Waals surface area (Å²) in [6, 6.07) is 2.66. The summed E-state index contributed by atoms with van der Waals surface area (Å²) in [4.78, 5) is 0. The summed E-state index contributed by atoms with van der Waals surface area (Å²) in [5.74, 6) is 0. The maximum Gasteiger partial charge on any atom is 0.487 e. The minimum Gasteiger partial charge on any atom is -0.328 e. The van der Waals surface area contributed by atoms with Crippen LogP contribution in [0, 0.1) is 0 Å². The Morgan fingerprint density at radius 1 is 1.07 bits per heavy atom. The van der Waals surface area contributed by atoms with Gasteiger partial charge < -0.3 is 4.21 Å². The molecule has 0 heterocycles. The van der Waals surface area contributed by atoms with Gasteiger partial charge in [0.05, 0.1) is 0 Å². The first-order valence-electron chi connectivity index (χ1n) is 4.43. The van der Waals surface area contributed by atoms with E-state index >= 15 is 0 Å². The van der Waals surface area contributed by atoms with Crippen molar-refractivity contribution >= 4 is 48.7 Å². The summed E-state index contributed by atoms with van der Waals surface area (Å²) >= 11 is 5.30. The summed E-state index contributed by atoms with van der Waals surface area (Å²) in [7, 11) is -5.43. The number of rotatable bonds is 7. The second kappa shape index (κ2) is 6.78. The van der Waals surface area contributed by atoms with E-state index in [0.717, 1.165) is 18.1 Å². The van der Waals surface area contributed by atoms with Gasteiger partial charge >= 0.3 is 7.82 Å². The molecule has 0 N–H and O–H groups in total. The van der Waals surface area contributed by atoms with Gasteiger partial charge in [0, 0.05) is 0 Å². The molecule has 0 fully saturated rings. The van der Waals surface area contributed by atoms with Crippen LogP contribution in [0.1, 0.15) is 20.8 Å². The van der Waals surface area contributed by atoms with E-state index in [4.69, 9.17) is 4.21 Å². The Labute approximate surface area is 103 Å². The first-order valence-corrected chi connectivity index (χ1v) is 9.71. The molecule has 8 heteroatoms. The molecule has 0 amide bonds. The summed E-state index contributed by atoms with van der Waals surface area (Å²) < 4.78 is 26.4. The highest BCUT2D eigenvalue weighted by Gasteiger charge is 2.40. The molecule has 0 aromatic carbocycles.